The first kappa shape index (κ1) is 43.9. The molecule has 0 fully saturated rings. The molecule has 0 aromatic heterocycles. The van der Waals surface area contributed by atoms with Gasteiger partial charge in [0.1, 0.15) is 5.57 Å². The van der Waals surface area contributed by atoms with E-state index in [1.165, 1.54) is 56.7 Å². The summed E-state index contributed by atoms with van der Waals surface area (Å²) in [7, 11) is -9.72. The van der Waals surface area contributed by atoms with E-state index in [1.807, 2.05) is 24.3 Å². The molecular formula is C49H59O6S2+. The zero-order valence-electron chi connectivity index (χ0n) is 35.6. The number of allylic oxidation sites excluding steroid dienone is 2. The van der Waals surface area contributed by atoms with Crippen LogP contribution in [-0.2, 0) is 33.1 Å². The summed E-state index contributed by atoms with van der Waals surface area (Å²) in [6.45, 7) is 26.2. The Hall–Kier alpha value is -4.21. The zero-order valence-corrected chi connectivity index (χ0v) is 37.2. The summed E-state index contributed by atoms with van der Waals surface area (Å²) in [5, 5.41) is -0.610. The van der Waals surface area contributed by atoms with E-state index in [0.717, 1.165) is 41.2 Å². The SMILES string of the molecule is Cc1cc(C(C)C)c(Cc2ccc(C(=C3C=CC(S(=O)(=O)O)=C[C+]3S(=O)(=O)O)c3ccc(Cc4c(C(C)C)cc(C)cc4C(C)C)c(C)c3)cc2C)c(C(C)C)c1. The Morgan fingerprint density at radius 2 is 0.930 bits per heavy atom. The van der Waals surface area contributed by atoms with E-state index in [9.17, 15) is 25.9 Å². The van der Waals surface area contributed by atoms with Gasteiger partial charge in [-0.3, -0.25) is 9.11 Å². The summed E-state index contributed by atoms with van der Waals surface area (Å²) in [6.07, 6.45) is 4.79. The Bertz CT molecular complexity index is 2330. The van der Waals surface area contributed by atoms with Crippen molar-refractivity contribution in [2.75, 3.05) is 0 Å². The molecule has 1 aliphatic carbocycles. The lowest BCUT2D eigenvalue weighted by molar-refractivity contribution is 0.487. The Labute approximate surface area is 342 Å². The van der Waals surface area contributed by atoms with Gasteiger partial charge in [-0.2, -0.15) is 16.8 Å². The van der Waals surface area contributed by atoms with E-state index in [0.29, 0.717) is 40.4 Å². The van der Waals surface area contributed by atoms with Crippen LogP contribution in [0.1, 0.15) is 157 Å². The largest absolute Gasteiger partial charge is 0.331 e. The second-order valence-electron chi connectivity index (χ2n) is 17.1. The first-order chi connectivity index (χ1) is 26.5. The summed E-state index contributed by atoms with van der Waals surface area (Å²) >= 11 is 0. The van der Waals surface area contributed by atoms with Gasteiger partial charge in [0.15, 0.2) is 10.2 Å². The van der Waals surface area contributed by atoms with Gasteiger partial charge in [0.25, 0.3) is 0 Å². The number of hydrogen-bond donors (Lipinski definition) is 2. The molecule has 0 amide bonds. The maximum atomic E-state index is 13.0. The molecule has 2 N–H and O–H groups in total. The second-order valence-corrected chi connectivity index (χ2v) is 19.9. The van der Waals surface area contributed by atoms with Crippen LogP contribution in [0.5, 0.6) is 0 Å². The monoisotopic (exact) mass is 807 g/mol. The van der Waals surface area contributed by atoms with Crippen LogP contribution in [0.4, 0.5) is 0 Å². The smallest absolute Gasteiger partial charge is 0.275 e. The topological polar surface area (TPSA) is 109 Å². The fourth-order valence-corrected chi connectivity index (χ4v) is 9.56. The predicted molar refractivity (Wildman–Crippen MR) is 236 cm³/mol. The molecule has 0 bridgehead atoms. The summed E-state index contributed by atoms with van der Waals surface area (Å²) in [4.78, 5) is -0.628. The highest BCUT2D eigenvalue weighted by Crippen LogP contribution is 2.41. The Kier molecular flexibility index (Phi) is 13.1. The van der Waals surface area contributed by atoms with E-state index >= 15 is 0 Å². The van der Waals surface area contributed by atoms with Crippen molar-refractivity contribution < 1.29 is 25.9 Å². The average molecular weight is 808 g/mol. The molecule has 0 saturated heterocycles. The van der Waals surface area contributed by atoms with Crippen LogP contribution in [0.3, 0.4) is 0 Å². The highest BCUT2D eigenvalue weighted by atomic mass is 32.2. The van der Waals surface area contributed by atoms with Crippen molar-refractivity contribution in [1.29, 1.82) is 0 Å². The quantitative estimate of drug-likeness (QED) is 0.109. The molecule has 0 heterocycles. The standard InChI is InChI=1S/C49H58O6S2/c1-28(2)42-19-32(9)20-43(29(3)4)46(42)25-36-13-15-38(23-34(36)11)49(41-18-17-40(56(50,51)52)27-48(41)57(53,54)55)39-16-14-37(35(12)24-39)26-47-44(30(5)6)21-33(10)22-45(47)31(7)8/h13-24,27-31H,25-26H2,1-12H3,(H-,50,51,52,53,54,55)/p+1. The zero-order chi connectivity index (χ0) is 42.3. The fourth-order valence-electron chi connectivity index (χ4n) is 8.26. The van der Waals surface area contributed by atoms with Crippen LogP contribution in [0.2, 0.25) is 0 Å². The van der Waals surface area contributed by atoms with Crippen LogP contribution in [0, 0.1) is 32.9 Å². The summed E-state index contributed by atoms with van der Waals surface area (Å²) < 4.78 is 70.7. The highest BCUT2D eigenvalue weighted by Gasteiger charge is 2.40. The fraction of sp³-hybridized carbons (Fsp3) is 0.367. The molecule has 302 valence electrons. The molecule has 0 saturated carbocycles. The minimum Gasteiger partial charge on any atom is -0.275 e. The first-order valence-corrected chi connectivity index (χ1v) is 22.8. The van der Waals surface area contributed by atoms with Crippen molar-refractivity contribution in [3.8, 4) is 0 Å². The molecule has 8 heteroatoms. The average Bonchev–Trinajstić information content (AvgIpc) is 3.10. The van der Waals surface area contributed by atoms with Gasteiger partial charge < -0.3 is 0 Å². The van der Waals surface area contributed by atoms with E-state index in [1.54, 1.807) is 0 Å². The molecule has 0 atom stereocenters. The van der Waals surface area contributed by atoms with Crippen LogP contribution in [-0.4, -0.2) is 25.9 Å². The third-order valence-electron chi connectivity index (χ3n) is 11.2. The molecule has 4 aromatic rings. The van der Waals surface area contributed by atoms with Crippen LogP contribution >= 0.6 is 0 Å². The maximum Gasteiger partial charge on any atom is 0.331 e. The molecule has 0 radical (unpaired) electrons. The van der Waals surface area contributed by atoms with Gasteiger partial charge in [0.05, 0.1) is 11.6 Å². The Morgan fingerprint density at radius 1 is 0.561 bits per heavy atom. The molecule has 0 spiro atoms. The van der Waals surface area contributed by atoms with Gasteiger partial charge in [-0.15, -0.1) is 0 Å². The van der Waals surface area contributed by atoms with Crippen molar-refractivity contribution in [3.63, 3.8) is 0 Å². The minimum absolute atomic E-state index is 0.120. The predicted octanol–water partition coefficient (Wildman–Crippen LogP) is 12.2. The molecular weight excluding hydrogens is 749 g/mol. The van der Waals surface area contributed by atoms with Gasteiger partial charge in [-0.05, 0) is 144 Å². The Balaban J connectivity index is 1.71. The number of aryl methyl sites for hydroxylation is 4. The molecule has 6 nitrogen and oxygen atoms in total. The van der Waals surface area contributed by atoms with Crippen molar-refractivity contribution in [1.82, 2.24) is 0 Å². The van der Waals surface area contributed by atoms with E-state index in [-0.39, 0.29) is 5.57 Å². The van der Waals surface area contributed by atoms with Crippen LogP contribution in [0.15, 0.2) is 89.4 Å². The molecule has 0 aliphatic heterocycles. The van der Waals surface area contributed by atoms with Gasteiger partial charge in [0, 0.05) is 23.3 Å². The molecule has 5 rings (SSSR count). The number of benzene rings is 4. The van der Waals surface area contributed by atoms with Gasteiger partial charge in [-0.1, -0.05) is 103 Å². The van der Waals surface area contributed by atoms with Crippen molar-refractivity contribution in [2.24, 2.45) is 0 Å². The van der Waals surface area contributed by atoms with Crippen molar-refractivity contribution >= 4 is 25.8 Å². The summed E-state index contributed by atoms with van der Waals surface area (Å²) in [6, 6.07) is 21.3. The van der Waals surface area contributed by atoms with Gasteiger partial charge in [-0.25, -0.2) is 0 Å². The van der Waals surface area contributed by atoms with Gasteiger partial charge >= 0.3 is 20.2 Å². The summed E-state index contributed by atoms with van der Waals surface area (Å²) in [5.74, 6) is 1.36. The lowest BCUT2D eigenvalue weighted by Crippen LogP contribution is -2.18. The van der Waals surface area contributed by atoms with E-state index in [4.69, 9.17) is 0 Å². The molecule has 1 aliphatic rings. The second kappa shape index (κ2) is 16.9. The summed E-state index contributed by atoms with van der Waals surface area (Å²) in [5.41, 5.74) is 16.8. The highest BCUT2D eigenvalue weighted by molar-refractivity contribution is 7.90. The Morgan fingerprint density at radius 3 is 1.23 bits per heavy atom. The third kappa shape index (κ3) is 9.74. The molecule has 0 unspecified atom stereocenters. The maximum absolute atomic E-state index is 13.0. The van der Waals surface area contributed by atoms with E-state index < -0.39 is 30.4 Å². The van der Waals surface area contributed by atoms with Crippen LogP contribution < -0.4 is 0 Å². The minimum atomic E-state index is -4.95. The molecule has 57 heavy (non-hydrogen) atoms. The van der Waals surface area contributed by atoms with Crippen molar-refractivity contribution in [2.45, 2.75) is 120 Å². The number of rotatable bonds is 12. The van der Waals surface area contributed by atoms with Crippen molar-refractivity contribution in [3.05, 3.63) is 173 Å². The van der Waals surface area contributed by atoms with Gasteiger partial charge in [0.2, 0.25) is 0 Å². The van der Waals surface area contributed by atoms with E-state index in [2.05, 4.69) is 119 Å². The lowest BCUT2D eigenvalue weighted by Gasteiger charge is -2.22. The molecule has 4 aromatic carbocycles. The normalized spacial score (nSPS) is 13.8. The first-order valence-electron chi connectivity index (χ1n) is 19.9. The number of hydrogen-bond acceptors (Lipinski definition) is 4. The lowest BCUT2D eigenvalue weighted by atomic mass is 9.82. The third-order valence-corrected chi connectivity index (χ3v) is 13.0. The van der Waals surface area contributed by atoms with Crippen LogP contribution in [0.25, 0.3) is 5.57 Å².